The van der Waals surface area contributed by atoms with E-state index >= 15 is 0 Å². The van der Waals surface area contributed by atoms with Crippen molar-refractivity contribution < 1.29 is 0 Å². The van der Waals surface area contributed by atoms with Gasteiger partial charge < -0.3 is 0 Å². The van der Waals surface area contributed by atoms with Crippen molar-refractivity contribution in [3.8, 4) is 33.4 Å². The Hall–Kier alpha value is -4.16. The van der Waals surface area contributed by atoms with Gasteiger partial charge in [0.15, 0.2) is 0 Å². The van der Waals surface area contributed by atoms with E-state index in [0.29, 0.717) is 0 Å². The average Bonchev–Trinajstić information content (AvgIpc) is 2.91. The summed E-state index contributed by atoms with van der Waals surface area (Å²) in [5.41, 5.74) is 8.94. The predicted octanol–water partition coefficient (Wildman–Crippen LogP) is 10.3. The second kappa shape index (κ2) is 8.81. The van der Waals surface area contributed by atoms with Gasteiger partial charge in [0.05, 0.1) is 0 Å². The fourth-order valence-electron chi connectivity index (χ4n) is 5.61. The maximum atomic E-state index is 2.37. The Morgan fingerprint density at radius 1 is 0.361 bits per heavy atom. The highest BCUT2D eigenvalue weighted by Crippen LogP contribution is 2.45. The highest BCUT2D eigenvalue weighted by atomic mass is 14.3. The fraction of sp³-hybridized carbons (Fsp3) is 0.111. The molecule has 0 aliphatic rings. The van der Waals surface area contributed by atoms with E-state index in [1.54, 1.807) is 0 Å². The molecule has 0 spiro atoms. The maximum absolute atomic E-state index is 2.37. The van der Waals surface area contributed by atoms with E-state index in [1.807, 2.05) is 0 Å². The van der Waals surface area contributed by atoms with Crippen LogP contribution in [0.4, 0.5) is 0 Å². The lowest BCUT2D eigenvalue weighted by atomic mass is 9.77. The van der Waals surface area contributed by atoms with Crippen molar-refractivity contribution >= 4 is 21.5 Å². The molecule has 0 saturated heterocycles. The second-order valence-electron chi connectivity index (χ2n) is 10.6. The fourth-order valence-corrected chi connectivity index (χ4v) is 5.61. The van der Waals surface area contributed by atoms with Crippen LogP contribution >= 0.6 is 0 Å². The summed E-state index contributed by atoms with van der Waals surface area (Å²) in [6, 6.07) is 46.4. The van der Waals surface area contributed by atoms with Crippen molar-refractivity contribution in [2.24, 2.45) is 0 Å². The zero-order valence-corrected chi connectivity index (χ0v) is 21.1. The van der Waals surface area contributed by atoms with Crippen molar-refractivity contribution in [1.29, 1.82) is 0 Å². The summed E-state index contributed by atoms with van der Waals surface area (Å²) >= 11 is 0. The molecule has 0 N–H and O–H groups in total. The molecule has 0 aromatic heterocycles. The molecule has 0 atom stereocenters. The smallest absolute Gasteiger partial charge is 0.00262 e. The Kier molecular flexibility index (Phi) is 5.46. The number of benzene rings is 6. The Morgan fingerprint density at radius 2 is 0.722 bits per heavy atom. The number of hydrogen-bond donors (Lipinski definition) is 0. The molecule has 0 saturated carbocycles. The van der Waals surface area contributed by atoms with Gasteiger partial charge in [-0.25, -0.2) is 0 Å². The van der Waals surface area contributed by atoms with Crippen molar-refractivity contribution in [2.45, 2.75) is 26.2 Å². The monoisotopic (exact) mass is 462 g/mol. The van der Waals surface area contributed by atoms with E-state index < -0.39 is 0 Å². The minimum atomic E-state index is 0.0266. The van der Waals surface area contributed by atoms with Crippen molar-refractivity contribution in [3.05, 3.63) is 133 Å². The van der Waals surface area contributed by atoms with Gasteiger partial charge in [-0.05, 0) is 84.1 Å². The first-order valence-electron chi connectivity index (χ1n) is 12.7. The first kappa shape index (κ1) is 22.3. The molecule has 0 aliphatic heterocycles. The molecule has 174 valence electrons. The normalized spacial score (nSPS) is 11.8. The van der Waals surface area contributed by atoms with Gasteiger partial charge >= 0.3 is 0 Å². The van der Waals surface area contributed by atoms with E-state index in [0.717, 1.165) is 0 Å². The topological polar surface area (TPSA) is 0 Å². The van der Waals surface area contributed by atoms with Gasteiger partial charge in [0.25, 0.3) is 0 Å². The minimum Gasteiger partial charge on any atom is -0.0622 e. The van der Waals surface area contributed by atoms with Crippen LogP contribution in [-0.2, 0) is 5.41 Å². The Bertz CT molecular complexity index is 1570. The van der Waals surface area contributed by atoms with Crippen LogP contribution < -0.4 is 0 Å². The minimum absolute atomic E-state index is 0.0266. The molecule has 0 fully saturated rings. The van der Waals surface area contributed by atoms with Gasteiger partial charge in [0, 0.05) is 0 Å². The highest BCUT2D eigenvalue weighted by Gasteiger charge is 2.23. The molecule has 6 aromatic carbocycles. The average molecular weight is 463 g/mol. The summed E-state index contributed by atoms with van der Waals surface area (Å²) in [6.45, 7) is 6.97. The third kappa shape index (κ3) is 3.89. The van der Waals surface area contributed by atoms with Gasteiger partial charge in [-0.1, -0.05) is 130 Å². The lowest BCUT2D eigenvalue weighted by molar-refractivity contribution is 0.601. The summed E-state index contributed by atoms with van der Waals surface area (Å²) in [7, 11) is 0. The Labute approximate surface area is 213 Å². The third-order valence-corrected chi connectivity index (χ3v) is 7.12. The molecule has 0 radical (unpaired) electrons. The Balaban J connectivity index is 1.75. The molecule has 0 aliphatic carbocycles. The van der Waals surface area contributed by atoms with Crippen LogP contribution in [0.2, 0.25) is 0 Å². The molecule has 6 rings (SSSR count). The van der Waals surface area contributed by atoms with Gasteiger partial charge in [-0.2, -0.15) is 0 Å². The summed E-state index contributed by atoms with van der Waals surface area (Å²) in [5.74, 6) is 0. The number of fused-ring (bicyclic) bond motifs is 2. The summed E-state index contributed by atoms with van der Waals surface area (Å²) in [4.78, 5) is 0. The van der Waals surface area contributed by atoms with E-state index in [-0.39, 0.29) is 5.41 Å². The van der Waals surface area contributed by atoms with Crippen molar-refractivity contribution in [2.75, 3.05) is 0 Å². The largest absolute Gasteiger partial charge is 0.0622 e. The van der Waals surface area contributed by atoms with E-state index in [1.165, 1.54) is 60.5 Å². The molecule has 36 heavy (non-hydrogen) atoms. The van der Waals surface area contributed by atoms with E-state index in [2.05, 4.69) is 148 Å². The molecular weight excluding hydrogens is 432 g/mol. The Morgan fingerprint density at radius 3 is 1.14 bits per heavy atom. The van der Waals surface area contributed by atoms with Crippen LogP contribution in [0.5, 0.6) is 0 Å². The van der Waals surface area contributed by atoms with Gasteiger partial charge in [-0.15, -0.1) is 0 Å². The van der Waals surface area contributed by atoms with Crippen molar-refractivity contribution in [1.82, 2.24) is 0 Å². The molecule has 6 aromatic rings. The van der Waals surface area contributed by atoms with Crippen LogP contribution in [-0.4, -0.2) is 0 Å². The molecule has 0 unspecified atom stereocenters. The lowest BCUT2D eigenvalue weighted by Crippen LogP contribution is -2.13. The predicted molar refractivity (Wildman–Crippen MR) is 156 cm³/mol. The van der Waals surface area contributed by atoms with Crippen LogP contribution in [0, 0.1) is 0 Å². The summed E-state index contributed by atoms with van der Waals surface area (Å²) in [6.07, 6.45) is 0. The first-order valence-corrected chi connectivity index (χ1v) is 12.7. The van der Waals surface area contributed by atoms with Crippen LogP contribution in [0.3, 0.4) is 0 Å². The molecular formula is C36H30. The SMILES string of the molecule is CC(C)(C)c1c2ccccc2c(-c2cc(-c3ccccc3)cc(-c3ccccc3)c2)c2ccccc12. The number of hydrogen-bond acceptors (Lipinski definition) is 0. The second-order valence-corrected chi connectivity index (χ2v) is 10.6. The molecule has 0 heterocycles. The maximum Gasteiger partial charge on any atom is -0.00262 e. The van der Waals surface area contributed by atoms with Gasteiger partial charge in [-0.3, -0.25) is 0 Å². The van der Waals surface area contributed by atoms with Gasteiger partial charge in [0.2, 0.25) is 0 Å². The zero-order valence-electron chi connectivity index (χ0n) is 21.1. The van der Waals surface area contributed by atoms with Crippen LogP contribution in [0.1, 0.15) is 26.3 Å². The molecule has 0 amide bonds. The van der Waals surface area contributed by atoms with Crippen LogP contribution in [0.25, 0.3) is 54.9 Å². The molecule has 0 bridgehead atoms. The van der Waals surface area contributed by atoms with Crippen LogP contribution in [0.15, 0.2) is 127 Å². The van der Waals surface area contributed by atoms with E-state index in [4.69, 9.17) is 0 Å². The molecule has 0 nitrogen and oxygen atoms in total. The number of rotatable bonds is 3. The van der Waals surface area contributed by atoms with E-state index in [9.17, 15) is 0 Å². The molecule has 0 heteroatoms. The van der Waals surface area contributed by atoms with Gasteiger partial charge in [0.1, 0.15) is 0 Å². The summed E-state index contributed by atoms with van der Waals surface area (Å²) in [5, 5.41) is 5.30. The standard InChI is InChI=1S/C36H30/c1-36(2,3)35-32-20-12-10-18-30(32)34(31-19-11-13-21-33(31)35)29-23-27(25-14-6-4-7-15-25)22-28(24-29)26-16-8-5-9-17-26/h4-24H,1-3H3. The lowest BCUT2D eigenvalue weighted by Gasteiger charge is -2.26. The third-order valence-electron chi connectivity index (χ3n) is 7.12. The summed E-state index contributed by atoms with van der Waals surface area (Å²) < 4.78 is 0. The zero-order chi connectivity index (χ0) is 24.7. The van der Waals surface area contributed by atoms with Crippen molar-refractivity contribution in [3.63, 3.8) is 0 Å². The highest BCUT2D eigenvalue weighted by molar-refractivity contribution is 6.16. The first-order chi connectivity index (χ1) is 17.5. The quantitative estimate of drug-likeness (QED) is 0.229.